The van der Waals surface area contributed by atoms with Crippen LogP contribution >= 0.6 is 0 Å². The molecule has 24 heavy (non-hydrogen) atoms. The highest BCUT2D eigenvalue weighted by Crippen LogP contribution is 2.22. The van der Waals surface area contributed by atoms with E-state index in [0.29, 0.717) is 23.9 Å². The van der Waals surface area contributed by atoms with Crippen LogP contribution in [0, 0.1) is 17.2 Å². The van der Waals surface area contributed by atoms with Gasteiger partial charge < -0.3 is 4.90 Å². The highest BCUT2D eigenvalue weighted by molar-refractivity contribution is 7.89. The molecule has 1 aromatic carbocycles. The topological polar surface area (TPSA) is 65.6 Å². The summed E-state index contributed by atoms with van der Waals surface area (Å²) in [5.74, 6) is 0.451. The molecule has 0 unspecified atom stereocenters. The minimum Gasteiger partial charge on any atom is -0.332 e. The Morgan fingerprint density at radius 2 is 1.79 bits per heavy atom. The van der Waals surface area contributed by atoms with Crippen molar-refractivity contribution >= 4 is 10.0 Å². The summed E-state index contributed by atoms with van der Waals surface area (Å²) in [6.07, 6.45) is 1.04. The van der Waals surface area contributed by atoms with Crippen molar-refractivity contribution in [3.63, 3.8) is 0 Å². The Hall–Kier alpha value is -1.42. The second-order valence-corrected chi connectivity index (χ2v) is 8.70. The van der Waals surface area contributed by atoms with Crippen LogP contribution in [0.1, 0.15) is 38.7 Å². The minimum absolute atomic E-state index is 0.0104. The van der Waals surface area contributed by atoms with Crippen LogP contribution < -0.4 is 4.90 Å². The van der Waals surface area contributed by atoms with E-state index in [9.17, 15) is 8.42 Å². The fourth-order valence-electron chi connectivity index (χ4n) is 3.08. The Morgan fingerprint density at radius 1 is 1.21 bits per heavy atom. The summed E-state index contributed by atoms with van der Waals surface area (Å²) in [6.45, 7) is 9.53. The maximum absolute atomic E-state index is 12.8. The van der Waals surface area contributed by atoms with E-state index in [2.05, 4.69) is 19.9 Å². The maximum atomic E-state index is 12.8. The molecule has 1 N–H and O–H groups in total. The van der Waals surface area contributed by atoms with Gasteiger partial charge >= 0.3 is 0 Å². The predicted octanol–water partition coefficient (Wildman–Crippen LogP) is 1.25. The third-order valence-corrected chi connectivity index (χ3v) is 6.86. The standard InChI is InChI=1S/C18H27N3O2S/c1-4-16(3)17-5-7-18(8-6-17)24(22,23)21-11-9-20(10-12-21)14-15(2)13-19/h5-8,15-16H,4,9-12,14H2,1-3H3/p+1/t15-,16-/m1/s1. The Labute approximate surface area is 145 Å². The van der Waals surface area contributed by atoms with E-state index in [-0.39, 0.29) is 5.92 Å². The first-order chi connectivity index (χ1) is 11.4. The van der Waals surface area contributed by atoms with Crippen molar-refractivity contribution in [2.45, 2.75) is 38.0 Å². The summed E-state index contributed by atoms with van der Waals surface area (Å²) in [4.78, 5) is 1.69. The molecule has 0 radical (unpaired) electrons. The SMILES string of the molecule is CC[C@@H](C)c1ccc(S(=O)(=O)N2CC[NH+](C[C@H](C)C#N)CC2)cc1. The number of benzene rings is 1. The van der Waals surface area contributed by atoms with Gasteiger partial charge in [-0.3, -0.25) is 0 Å². The number of piperazine rings is 1. The largest absolute Gasteiger partial charge is 0.332 e. The lowest BCUT2D eigenvalue weighted by Gasteiger charge is -2.32. The minimum atomic E-state index is -3.41. The Bertz CT molecular complexity index is 671. The molecule has 0 amide bonds. The molecule has 0 aliphatic carbocycles. The molecule has 6 heteroatoms. The second kappa shape index (κ2) is 8.11. The summed E-state index contributed by atoms with van der Waals surface area (Å²) in [5.41, 5.74) is 1.18. The molecule has 1 aliphatic rings. The molecular formula is C18H28N3O2S+. The summed E-state index contributed by atoms with van der Waals surface area (Å²) < 4.78 is 27.1. The molecule has 1 fully saturated rings. The van der Waals surface area contributed by atoms with E-state index in [1.165, 1.54) is 10.5 Å². The Morgan fingerprint density at radius 3 is 2.29 bits per heavy atom. The van der Waals surface area contributed by atoms with Crippen molar-refractivity contribution in [2.24, 2.45) is 5.92 Å². The number of nitrogens with one attached hydrogen (secondary N) is 1. The third kappa shape index (κ3) is 4.35. The Balaban J connectivity index is 2.03. The summed E-state index contributed by atoms with van der Waals surface area (Å²) in [6, 6.07) is 9.56. The highest BCUT2D eigenvalue weighted by Gasteiger charge is 2.30. The molecule has 0 spiro atoms. The fourth-order valence-corrected chi connectivity index (χ4v) is 4.52. The fraction of sp³-hybridized carbons (Fsp3) is 0.611. The third-order valence-electron chi connectivity index (χ3n) is 4.94. The number of hydrogen-bond acceptors (Lipinski definition) is 3. The number of sulfonamides is 1. The van der Waals surface area contributed by atoms with E-state index in [0.717, 1.165) is 26.1 Å². The molecule has 0 bridgehead atoms. The van der Waals surface area contributed by atoms with Crippen LogP contribution in [0.3, 0.4) is 0 Å². The molecular weight excluding hydrogens is 322 g/mol. The molecule has 1 saturated heterocycles. The van der Waals surface area contributed by atoms with Crippen molar-refractivity contribution in [3.05, 3.63) is 29.8 Å². The Kier molecular flexibility index (Phi) is 6.39. The molecule has 2 atom stereocenters. The van der Waals surface area contributed by atoms with E-state index >= 15 is 0 Å². The van der Waals surface area contributed by atoms with Gasteiger partial charge in [0.2, 0.25) is 10.0 Å². The van der Waals surface area contributed by atoms with Gasteiger partial charge in [0.05, 0.1) is 49.6 Å². The molecule has 1 heterocycles. The van der Waals surface area contributed by atoms with Gasteiger partial charge in [0.1, 0.15) is 0 Å². The summed E-state index contributed by atoms with van der Waals surface area (Å²) >= 11 is 0. The van der Waals surface area contributed by atoms with Gasteiger partial charge in [-0.2, -0.15) is 9.57 Å². The zero-order valence-corrected chi connectivity index (χ0v) is 15.6. The van der Waals surface area contributed by atoms with Crippen LogP contribution in [-0.4, -0.2) is 45.4 Å². The lowest BCUT2D eigenvalue weighted by atomic mass is 9.99. The summed E-state index contributed by atoms with van der Waals surface area (Å²) in [7, 11) is -3.41. The van der Waals surface area contributed by atoms with Crippen molar-refractivity contribution in [1.29, 1.82) is 5.26 Å². The first kappa shape index (κ1) is 18.9. The highest BCUT2D eigenvalue weighted by atomic mass is 32.2. The number of rotatable bonds is 6. The zero-order chi connectivity index (χ0) is 17.7. The number of nitrogens with zero attached hydrogens (tertiary/aromatic N) is 2. The second-order valence-electron chi connectivity index (χ2n) is 6.77. The normalized spacial score (nSPS) is 19.6. The van der Waals surface area contributed by atoms with E-state index in [1.54, 1.807) is 16.4 Å². The molecule has 5 nitrogen and oxygen atoms in total. The van der Waals surface area contributed by atoms with Crippen LogP contribution in [0.25, 0.3) is 0 Å². The van der Waals surface area contributed by atoms with Crippen molar-refractivity contribution in [1.82, 2.24) is 4.31 Å². The van der Waals surface area contributed by atoms with Crippen LogP contribution in [-0.2, 0) is 10.0 Å². The van der Waals surface area contributed by atoms with Crippen molar-refractivity contribution < 1.29 is 13.3 Å². The first-order valence-corrected chi connectivity index (χ1v) is 10.2. The predicted molar refractivity (Wildman–Crippen MR) is 94.2 cm³/mol. The lowest BCUT2D eigenvalue weighted by Crippen LogP contribution is -3.15. The molecule has 132 valence electrons. The summed E-state index contributed by atoms with van der Waals surface area (Å²) in [5, 5.41) is 8.90. The molecule has 2 rings (SSSR count). The van der Waals surface area contributed by atoms with Gasteiger partial charge in [-0.1, -0.05) is 26.0 Å². The van der Waals surface area contributed by atoms with Crippen LogP contribution in [0.4, 0.5) is 0 Å². The lowest BCUT2D eigenvalue weighted by molar-refractivity contribution is -0.905. The number of quaternary nitrogens is 1. The quantitative estimate of drug-likeness (QED) is 0.840. The van der Waals surface area contributed by atoms with Gasteiger partial charge in [0, 0.05) is 0 Å². The maximum Gasteiger partial charge on any atom is 0.243 e. The molecule has 1 aromatic rings. The average Bonchev–Trinajstić information content (AvgIpc) is 2.61. The number of hydrogen-bond donors (Lipinski definition) is 1. The van der Waals surface area contributed by atoms with Gasteiger partial charge in [0.15, 0.2) is 0 Å². The van der Waals surface area contributed by atoms with Crippen molar-refractivity contribution in [3.8, 4) is 6.07 Å². The van der Waals surface area contributed by atoms with E-state index in [4.69, 9.17) is 5.26 Å². The van der Waals surface area contributed by atoms with Crippen LogP contribution in [0.5, 0.6) is 0 Å². The van der Waals surface area contributed by atoms with E-state index in [1.807, 2.05) is 19.1 Å². The van der Waals surface area contributed by atoms with E-state index < -0.39 is 10.0 Å². The number of nitriles is 1. The van der Waals surface area contributed by atoms with Crippen molar-refractivity contribution in [2.75, 3.05) is 32.7 Å². The zero-order valence-electron chi connectivity index (χ0n) is 14.8. The molecule has 0 saturated carbocycles. The molecule has 0 aromatic heterocycles. The van der Waals surface area contributed by atoms with Gasteiger partial charge in [0.25, 0.3) is 0 Å². The smallest absolute Gasteiger partial charge is 0.243 e. The van der Waals surface area contributed by atoms with Crippen LogP contribution in [0.15, 0.2) is 29.2 Å². The monoisotopic (exact) mass is 350 g/mol. The molecule has 1 aliphatic heterocycles. The van der Waals surface area contributed by atoms with Gasteiger partial charge in [-0.05, 0) is 37.0 Å². The van der Waals surface area contributed by atoms with Crippen LogP contribution in [0.2, 0.25) is 0 Å². The average molecular weight is 351 g/mol. The van der Waals surface area contributed by atoms with Gasteiger partial charge in [-0.15, -0.1) is 0 Å². The first-order valence-electron chi connectivity index (χ1n) is 8.71. The van der Waals surface area contributed by atoms with Gasteiger partial charge in [-0.25, -0.2) is 8.42 Å².